The fraction of sp³-hybridized carbons (Fsp3) is 0.357. The van der Waals surface area contributed by atoms with Gasteiger partial charge in [0.15, 0.2) is 0 Å². The van der Waals surface area contributed by atoms with Crippen LogP contribution in [0.25, 0.3) is 0 Å². The van der Waals surface area contributed by atoms with Crippen molar-refractivity contribution in [3.63, 3.8) is 0 Å². The molecule has 0 saturated heterocycles. The van der Waals surface area contributed by atoms with Gasteiger partial charge in [0.2, 0.25) is 5.91 Å². The lowest BCUT2D eigenvalue weighted by Gasteiger charge is -2.20. The first-order valence-corrected chi connectivity index (χ1v) is 6.24. The van der Waals surface area contributed by atoms with Gasteiger partial charge in [0.05, 0.1) is 23.4 Å². The number of nitrogens with one attached hydrogen (secondary N) is 1. The average Bonchev–Trinajstić information content (AvgIpc) is 2.44. The monoisotopic (exact) mass is 275 g/mol. The second kappa shape index (κ2) is 7.14. The molecule has 1 aromatic carbocycles. The van der Waals surface area contributed by atoms with Gasteiger partial charge < -0.3 is 15.3 Å². The predicted molar refractivity (Wildman–Crippen MR) is 74.7 cm³/mol. The molecule has 0 bridgehead atoms. The summed E-state index contributed by atoms with van der Waals surface area (Å²) < 4.78 is 0. The van der Waals surface area contributed by atoms with Gasteiger partial charge in [-0.1, -0.05) is 6.92 Å². The fourth-order valence-corrected chi connectivity index (χ4v) is 1.71. The number of carbonyl (C=O) groups excluding carboxylic acids is 1. The van der Waals surface area contributed by atoms with Crippen LogP contribution >= 0.6 is 0 Å². The number of nitriles is 1. The van der Waals surface area contributed by atoms with Crippen LogP contribution in [0, 0.1) is 11.3 Å². The van der Waals surface area contributed by atoms with Gasteiger partial charge in [-0.2, -0.15) is 5.26 Å². The Labute approximate surface area is 117 Å². The number of rotatable bonds is 6. The van der Waals surface area contributed by atoms with Gasteiger partial charge in [-0.25, -0.2) is 4.79 Å². The van der Waals surface area contributed by atoms with E-state index in [-0.39, 0.29) is 23.6 Å². The van der Waals surface area contributed by atoms with Crippen molar-refractivity contribution in [2.24, 2.45) is 0 Å². The van der Waals surface area contributed by atoms with Crippen molar-refractivity contribution in [2.45, 2.75) is 13.3 Å². The van der Waals surface area contributed by atoms with Crippen molar-refractivity contribution in [3.8, 4) is 6.07 Å². The summed E-state index contributed by atoms with van der Waals surface area (Å²) in [6.07, 6.45) is 0.853. The molecule has 0 unspecified atom stereocenters. The van der Waals surface area contributed by atoms with Crippen molar-refractivity contribution >= 4 is 17.6 Å². The summed E-state index contributed by atoms with van der Waals surface area (Å²) in [7, 11) is 1.68. The highest BCUT2D eigenvalue weighted by Crippen LogP contribution is 2.20. The Morgan fingerprint density at radius 3 is 2.70 bits per heavy atom. The van der Waals surface area contributed by atoms with Crippen LogP contribution in [0.4, 0.5) is 5.69 Å². The average molecular weight is 275 g/mol. The minimum atomic E-state index is -1.09. The number of benzene rings is 1. The normalized spacial score (nSPS) is 9.65. The molecule has 1 amide bonds. The maximum Gasteiger partial charge on any atom is 0.335 e. The second-order valence-corrected chi connectivity index (χ2v) is 4.35. The van der Waals surface area contributed by atoms with Gasteiger partial charge in [0.1, 0.15) is 6.07 Å². The molecule has 1 rings (SSSR count). The van der Waals surface area contributed by atoms with Gasteiger partial charge in [0, 0.05) is 13.6 Å². The Balaban J connectivity index is 2.88. The molecule has 0 aliphatic rings. The number of hydrogen-bond donors (Lipinski definition) is 2. The van der Waals surface area contributed by atoms with Crippen molar-refractivity contribution < 1.29 is 14.7 Å². The van der Waals surface area contributed by atoms with Gasteiger partial charge in [-0.05, 0) is 24.6 Å². The van der Waals surface area contributed by atoms with Crippen molar-refractivity contribution in [3.05, 3.63) is 29.3 Å². The Morgan fingerprint density at radius 1 is 1.45 bits per heavy atom. The molecule has 0 spiro atoms. The zero-order valence-electron chi connectivity index (χ0n) is 11.5. The number of anilines is 1. The summed E-state index contributed by atoms with van der Waals surface area (Å²) in [4.78, 5) is 24.1. The first-order chi connectivity index (χ1) is 9.49. The number of likely N-dealkylation sites (N-methyl/N-ethyl adjacent to an activating group) is 1. The van der Waals surface area contributed by atoms with Crippen LogP contribution in [0.2, 0.25) is 0 Å². The lowest BCUT2D eigenvalue weighted by Crippen LogP contribution is -2.35. The molecule has 0 aromatic heterocycles. The summed E-state index contributed by atoms with van der Waals surface area (Å²) in [5.74, 6) is -1.23. The van der Waals surface area contributed by atoms with Gasteiger partial charge >= 0.3 is 5.97 Å². The van der Waals surface area contributed by atoms with Crippen LogP contribution in [0.15, 0.2) is 18.2 Å². The summed E-state index contributed by atoms with van der Waals surface area (Å²) >= 11 is 0. The minimum absolute atomic E-state index is 0.0501. The van der Waals surface area contributed by atoms with E-state index < -0.39 is 5.97 Å². The Kier molecular flexibility index (Phi) is 5.54. The highest BCUT2D eigenvalue weighted by atomic mass is 16.4. The maximum atomic E-state index is 11.6. The second-order valence-electron chi connectivity index (χ2n) is 4.35. The lowest BCUT2D eigenvalue weighted by molar-refractivity contribution is -0.119. The first kappa shape index (κ1) is 15.5. The van der Waals surface area contributed by atoms with E-state index in [1.165, 1.54) is 18.2 Å². The zero-order chi connectivity index (χ0) is 15.1. The highest BCUT2D eigenvalue weighted by molar-refractivity contribution is 5.89. The Morgan fingerprint density at radius 2 is 2.15 bits per heavy atom. The van der Waals surface area contributed by atoms with Crippen LogP contribution in [0.3, 0.4) is 0 Å². The third kappa shape index (κ3) is 3.99. The molecular formula is C14H17N3O3. The molecule has 0 heterocycles. The summed E-state index contributed by atoms with van der Waals surface area (Å²) in [5, 5.41) is 20.7. The van der Waals surface area contributed by atoms with E-state index in [0.29, 0.717) is 12.2 Å². The fourth-order valence-electron chi connectivity index (χ4n) is 1.71. The summed E-state index contributed by atoms with van der Waals surface area (Å²) in [6.45, 7) is 2.68. The van der Waals surface area contributed by atoms with Crippen LogP contribution in [0.5, 0.6) is 0 Å². The van der Waals surface area contributed by atoms with E-state index in [0.717, 1.165) is 6.42 Å². The summed E-state index contributed by atoms with van der Waals surface area (Å²) in [5.41, 5.74) is 0.814. The van der Waals surface area contributed by atoms with Gasteiger partial charge in [-0.15, -0.1) is 0 Å². The molecule has 0 aliphatic carbocycles. The lowest BCUT2D eigenvalue weighted by atomic mass is 10.1. The third-order valence-corrected chi connectivity index (χ3v) is 2.73. The first-order valence-electron chi connectivity index (χ1n) is 6.24. The number of nitrogens with zero attached hydrogens (tertiary/aromatic N) is 2. The van der Waals surface area contributed by atoms with E-state index in [4.69, 9.17) is 10.4 Å². The van der Waals surface area contributed by atoms with E-state index >= 15 is 0 Å². The number of hydrogen-bond acceptors (Lipinski definition) is 4. The number of aromatic carboxylic acids is 1. The third-order valence-electron chi connectivity index (χ3n) is 2.73. The molecule has 1 aromatic rings. The summed E-state index contributed by atoms with van der Waals surface area (Å²) in [6, 6.07) is 6.21. The number of carboxylic acids is 1. The standard InChI is InChI=1S/C14H17N3O3/c1-3-6-16-13(18)9-17(2)12-5-4-10(14(19)20)7-11(12)8-15/h4-5,7H,3,6,9H2,1-2H3,(H,16,18)(H,19,20). The molecule has 0 fully saturated rings. The molecule has 106 valence electrons. The zero-order valence-corrected chi connectivity index (χ0v) is 11.5. The van der Waals surface area contributed by atoms with Gasteiger partial charge in [-0.3, -0.25) is 4.79 Å². The molecule has 6 heteroatoms. The van der Waals surface area contributed by atoms with Crippen molar-refractivity contribution in [1.82, 2.24) is 5.32 Å². The predicted octanol–water partition coefficient (Wildman–Crippen LogP) is 1.22. The number of amides is 1. The van der Waals surface area contributed by atoms with Crippen LogP contribution in [0.1, 0.15) is 29.3 Å². The van der Waals surface area contributed by atoms with Crippen LogP contribution in [-0.2, 0) is 4.79 Å². The Hall–Kier alpha value is -2.55. The molecular weight excluding hydrogens is 258 g/mol. The molecule has 6 nitrogen and oxygen atoms in total. The smallest absolute Gasteiger partial charge is 0.335 e. The SMILES string of the molecule is CCCNC(=O)CN(C)c1ccc(C(=O)O)cc1C#N. The number of carbonyl (C=O) groups is 2. The maximum absolute atomic E-state index is 11.6. The van der Waals surface area contributed by atoms with Crippen molar-refractivity contribution in [2.75, 3.05) is 25.0 Å². The minimum Gasteiger partial charge on any atom is -0.478 e. The van der Waals surface area contributed by atoms with Crippen molar-refractivity contribution in [1.29, 1.82) is 5.26 Å². The van der Waals surface area contributed by atoms with E-state index in [9.17, 15) is 9.59 Å². The van der Waals surface area contributed by atoms with E-state index in [1.54, 1.807) is 11.9 Å². The van der Waals surface area contributed by atoms with E-state index in [1.807, 2.05) is 13.0 Å². The molecule has 0 atom stereocenters. The van der Waals surface area contributed by atoms with E-state index in [2.05, 4.69) is 5.32 Å². The number of carboxylic acid groups (broad SMARTS) is 1. The molecule has 20 heavy (non-hydrogen) atoms. The molecule has 0 saturated carbocycles. The quantitative estimate of drug-likeness (QED) is 0.814. The molecule has 0 aliphatic heterocycles. The molecule has 0 radical (unpaired) electrons. The van der Waals surface area contributed by atoms with Crippen LogP contribution in [-0.4, -0.2) is 37.1 Å². The molecule has 2 N–H and O–H groups in total. The Bertz CT molecular complexity index is 549. The topological polar surface area (TPSA) is 93.4 Å². The largest absolute Gasteiger partial charge is 0.478 e. The van der Waals surface area contributed by atoms with Gasteiger partial charge in [0.25, 0.3) is 0 Å². The van der Waals surface area contributed by atoms with Crippen LogP contribution < -0.4 is 10.2 Å². The highest BCUT2D eigenvalue weighted by Gasteiger charge is 2.13.